The van der Waals surface area contributed by atoms with Crippen molar-refractivity contribution < 1.29 is 4.79 Å². The van der Waals surface area contributed by atoms with Gasteiger partial charge >= 0.3 is 0 Å². The minimum Gasteiger partial charge on any atom is -0.361 e. The van der Waals surface area contributed by atoms with Gasteiger partial charge in [0.25, 0.3) is 5.91 Å². The molecule has 0 saturated carbocycles. The normalized spacial score (nSPS) is 12.5. The van der Waals surface area contributed by atoms with Crippen LogP contribution in [0.5, 0.6) is 0 Å². The van der Waals surface area contributed by atoms with Gasteiger partial charge in [0.1, 0.15) is 0 Å². The summed E-state index contributed by atoms with van der Waals surface area (Å²) >= 11 is 0. The van der Waals surface area contributed by atoms with Crippen molar-refractivity contribution in [1.29, 1.82) is 0 Å². The van der Waals surface area contributed by atoms with Gasteiger partial charge in [-0.1, -0.05) is 0 Å². The van der Waals surface area contributed by atoms with Gasteiger partial charge in [0.05, 0.1) is 12.2 Å². The van der Waals surface area contributed by atoms with Crippen LogP contribution in [0, 0.1) is 6.92 Å². The number of benzene rings is 1. The number of aromatic amines is 1. The van der Waals surface area contributed by atoms with Gasteiger partial charge in [0, 0.05) is 41.0 Å². The van der Waals surface area contributed by atoms with Crippen molar-refractivity contribution >= 4 is 16.8 Å². The third-order valence-electron chi connectivity index (χ3n) is 3.90. The molecule has 0 aliphatic heterocycles. The number of carbonyl (C=O) groups excluding carboxylic acids is 1. The van der Waals surface area contributed by atoms with Gasteiger partial charge in [-0.05, 0) is 38.1 Å². The Morgan fingerprint density at radius 3 is 2.90 bits per heavy atom. The average molecular weight is 282 g/mol. The Hall–Kier alpha value is -2.56. The predicted octanol–water partition coefficient (Wildman–Crippen LogP) is 2.70. The highest BCUT2D eigenvalue weighted by atomic mass is 16.1. The molecular formula is C16H18N4O. The first kappa shape index (κ1) is 13.4. The van der Waals surface area contributed by atoms with E-state index in [9.17, 15) is 4.79 Å². The van der Waals surface area contributed by atoms with Crippen molar-refractivity contribution in [3.63, 3.8) is 0 Å². The van der Waals surface area contributed by atoms with Crippen LogP contribution in [0.25, 0.3) is 10.9 Å². The highest BCUT2D eigenvalue weighted by Gasteiger charge is 2.15. The zero-order valence-corrected chi connectivity index (χ0v) is 12.3. The van der Waals surface area contributed by atoms with E-state index in [1.807, 2.05) is 56.0 Å². The molecule has 0 fully saturated rings. The van der Waals surface area contributed by atoms with Gasteiger partial charge in [-0.25, -0.2) is 0 Å². The molecule has 0 aliphatic rings. The van der Waals surface area contributed by atoms with Crippen LogP contribution in [0.1, 0.15) is 34.6 Å². The molecule has 1 atom stereocenters. The summed E-state index contributed by atoms with van der Waals surface area (Å²) in [5.74, 6) is -0.0751. The summed E-state index contributed by atoms with van der Waals surface area (Å²) in [7, 11) is 1.90. The zero-order valence-electron chi connectivity index (χ0n) is 12.3. The number of amides is 1. The van der Waals surface area contributed by atoms with Crippen LogP contribution >= 0.6 is 0 Å². The van der Waals surface area contributed by atoms with Gasteiger partial charge in [0.2, 0.25) is 0 Å². The topological polar surface area (TPSA) is 62.7 Å². The summed E-state index contributed by atoms with van der Waals surface area (Å²) in [5, 5.41) is 8.27. The van der Waals surface area contributed by atoms with Crippen molar-refractivity contribution in [1.82, 2.24) is 20.1 Å². The quantitative estimate of drug-likeness (QED) is 0.776. The van der Waals surface area contributed by atoms with Crippen LogP contribution in [0.2, 0.25) is 0 Å². The van der Waals surface area contributed by atoms with Gasteiger partial charge < -0.3 is 10.3 Å². The lowest BCUT2D eigenvalue weighted by molar-refractivity contribution is 0.0940. The summed E-state index contributed by atoms with van der Waals surface area (Å²) in [5.41, 5.74) is 3.79. The molecule has 5 heteroatoms. The molecule has 1 amide bonds. The monoisotopic (exact) mass is 282 g/mol. The minimum atomic E-state index is -0.0758. The number of rotatable bonds is 3. The second kappa shape index (κ2) is 5.09. The fourth-order valence-electron chi connectivity index (χ4n) is 2.49. The average Bonchev–Trinajstić information content (AvgIpc) is 3.05. The maximum Gasteiger partial charge on any atom is 0.251 e. The van der Waals surface area contributed by atoms with E-state index in [-0.39, 0.29) is 11.9 Å². The predicted molar refractivity (Wildman–Crippen MR) is 82.1 cm³/mol. The molecule has 5 nitrogen and oxygen atoms in total. The van der Waals surface area contributed by atoms with E-state index in [4.69, 9.17) is 0 Å². The summed E-state index contributed by atoms with van der Waals surface area (Å²) in [6.45, 7) is 3.97. The van der Waals surface area contributed by atoms with E-state index in [1.54, 1.807) is 6.20 Å². The Morgan fingerprint density at radius 2 is 2.19 bits per heavy atom. The number of carbonyl (C=O) groups is 1. The van der Waals surface area contributed by atoms with E-state index in [0.29, 0.717) is 5.56 Å². The number of H-pyrrole nitrogens is 1. The smallest absolute Gasteiger partial charge is 0.251 e. The summed E-state index contributed by atoms with van der Waals surface area (Å²) in [6.07, 6.45) is 3.67. The maximum atomic E-state index is 12.4. The molecule has 1 aromatic carbocycles. The Kier molecular flexibility index (Phi) is 3.25. The molecular weight excluding hydrogens is 264 g/mol. The van der Waals surface area contributed by atoms with Crippen molar-refractivity contribution in [3.05, 3.63) is 53.5 Å². The zero-order chi connectivity index (χ0) is 15.0. The molecule has 0 saturated heterocycles. The molecule has 0 radical (unpaired) electrons. The standard InChI is InChI=1S/C16H18N4O/c1-10(14-9-18-20(3)11(14)2)19-16(21)13-4-5-15-12(8-13)6-7-17-15/h4-10,17H,1-3H3,(H,19,21). The molecule has 2 aromatic heterocycles. The van der Waals surface area contributed by atoms with Crippen molar-refractivity contribution in [2.75, 3.05) is 0 Å². The molecule has 1 unspecified atom stereocenters. The van der Waals surface area contributed by atoms with Crippen molar-refractivity contribution in [3.8, 4) is 0 Å². The second-order valence-electron chi connectivity index (χ2n) is 5.28. The van der Waals surface area contributed by atoms with Crippen LogP contribution in [0.3, 0.4) is 0 Å². The second-order valence-corrected chi connectivity index (χ2v) is 5.28. The number of nitrogens with one attached hydrogen (secondary N) is 2. The Labute approximate surface area is 123 Å². The van der Waals surface area contributed by atoms with Gasteiger partial charge in [-0.3, -0.25) is 9.48 Å². The highest BCUT2D eigenvalue weighted by Crippen LogP contribution is 2.18. The maximum absolute atomic E-state index is 12.4. The Balaban J connectivity index is 1.80. The van der Waals surface area contributed by atoms with Crippen molar-refractivity contribution in [2.24, 2.45) is 7.05 Å². The molecule has 21 heavy (non-hydrogen) atoms. The molecule has 0 spiro atoms. The van der Waals surface area contributed by atoms with Gasteiger partial charge in [-0.15, -0.1) is 0 Å². The number of hydrogen-bond donors (Lipinski definition) is 2. The first-order valence-electron chi connectivity index (χ1n) is 6.93. The summed E-state index contributed by atoms with van der Waals surface area (Å²) < 4.78 is 1.81. The largest absolute Gasteiger partial charge is 0.361 e. The molecule has 2 heterocycles. The van der Waals surface area contributed by atoms with E-state index in [2.05, 4.69) is 15.4 Å². The molecule has 2 N–H and O–H groups in total. The molecule has 0 bridgehead atoms. The third kappa shape index (κ3) is 2.42. The number of aromatic nitrogens is 3. The first-order chi connectivity index (χ1) is 10.1. The first-order valence-corrected chi connectivity index (χ1v) is 6.93. The fraction of sp³-hybridized carbons (Fsp3) is 0.250. The van der Waals surface area contributed by atoms with E-state index in [1.165, 1.54) is 0 Å². The van der Waals surface area contributed by atoms with Crippen LogP contribution in [-0.2, 0) is 7.05 Å². The van der Waals surface area contributed by atoms with Crippen molar-refractivity contribution in [2.45, 2.75) is 19.9 Å². The van der Waals surface area contributed by atoms with Crippen LogP contribution < -0.4 is 5.32 Å². The lowest BCUT2D eigenvalue weighted by Crippen LogP contribution is -2.26. The molecule has 0 aliphatic carbocycles. The minimum absolute atomic E-state index is 0.0751. The van der Waals surface area contributed by atoms with Gasteiger partial charge in [-0.2, -0.15) is 5.10 Å². The molecule has 3 aromatic rings. The number of nitrogens with zero attached hydrogens (tertiary/aromatic N) is 2. The third-order valence-corrected chi connectivity index (χ3v) is 3.90. The van der Waals surface area contributed by atoms with Crippen LogP contribution in [0.15, 0.2) is 36.7 Å². The Bertz CT molecular complexity index is 800. The molecule has 3 rings (SSSR count). The van der Waals surface area contributed by atoms with Crippen LogP contribution in [0.4, 0.5) is 0 Å². The number of hydrogen-bond acceptors (Lipinski definition) is 2. The fourth-order valence-corrected chi connectivity index (χ4v) is 2.49. The van der Waals surface area contributed by atoms with Crippen LogP contribution in [-0.4, -0.2) is 20.7 Å². The SMILES string of the molecule is Cc1c(C(C)NC(=O)c2ccc3[nH]ccc3c2)cnn1C. The lowest BCUT2D eigenvalue weighted by Gasteiger charge is -2.14. The highest BCUT2D eigenvalue weighted by molar-refractivity contribution is 5.98. The lowest BCUT2D eigenvalue weighted by atomic mass is 10.1. The van der Waals surface area contributed by atoms with Gasteiger partial charge in [0.15, 0.2) is 0 Å². The Morgan fingerprint density at radius 1 is 1.38 bits per heavy atom. The molecule has 108 valence electrons. The van der Waals surface area contributed by atoms with E-state index in [0.717, 1.165) is 22.2 Å². The summed E-state index contributed by atoms with van der Waals surface area (Å²) in [6, 6.07) is 7.53. The summed E-state index contributed by atoms with van der Waals surface area (Å²) in [4.78, 5) is 15.5. The van der Waals surface area contributed by atoms with E-state index >= 15 is 0 Å². The number of aryl methyl sites for hydroxylation is 1. The van der Waals surface area contributed by atoms with E-state index < -0.39 is 0 Å². The number of fused-ring (bicyclic) bond motifs is 1.